The molecule has 1 saturated heterocycles. The van der Waals surface area contributed by atoms with E-state index in [2.05, 4.69) is 20.2 Å². The van der Waals surface area contributed by atoms with Crippen LogP contribution in [0, 0.1) is 10.1 Å². The van der Waals surface area contributed by atoms with Crippen LogP contribution in [0.25, 0.3) is 0 Å². The van der Waals surface area contributed by atoms with Crippen LogP contribution in [-0.4, -0.2) is 45.0 Å². The van der Waals surface area contributed by atoms with Gasteiger partial charge < -0.3 is 5.32 Å². The van der Waals surface area contributed by atoms with Crippen LogP contribution >= 0.6 is 11.6 Å². The van der Waals surface area contributed by atoms with Crippen molar-refractivity contribution in [1.82, 2.24) is 14.9 Å². The van der Waals surface area contributed by atoms with Crippen LogP contribution < -0.4 is 5.32 Å². The second-order valence-electron chi connectivity index (χ2n) is 4.97. The molecule has 1 saturated carbocycles. The summed E-state index contributed by atoms with van der Waals surface area (Å²) in [5.74, 6) is 0.215. The van der Waals surface area contributed by atoms with Gasteiger partial charge in [-0.2, -0.15) is 0 Å². The van der Waals surface area contributed by atoms with E-state index < -0.39 is 4.92 Å². The van der Waals surface area contributed by atoms with Crippen LogP contribution in [-0.2, 0) is 0 Å². The third-order valence-electron chi connectivity index (χ3n) is 3.58. The van der Waals surface area contributed by atoms with Gasteiger partial charge >= 0.3 is 5.69 Å². The zero-order chi connectivity index (χ0) is 13.4. The van der Waals surface area contributed by atoms with E-state index in [1.807, 2.05) is 0 Å². The van der Waals surface area contributed by atoms with Crippen LogP contribution in [0.1, 0.15) is 19.3 Å². The van der Waals surface area contributed by atoms with E-state index in [4.69, 9.17) is 11.6 Å². The maximum absolute atomic E-state index is 11.0. The molecule has 1 aliphatic heterocycles. The maximum Gasteiger partial charge on any atom is 0.348 e. The van der Waals surface area contributed by atoms with Crippen molar-refractivity contribution >= 4 is 23.1 Å². The molecule has 1 aliphatic carbocycles. The van der Waals surface area contributed by atoms with Crippen LogP contribution in [0.5, 0.6) is 0 Å². The molecule has 1 unspecified atom stereocenters. The molecule has 19 heavy (non-hydrogen) atoms. The van der Waals surface area contributed by atoms with E-state index in [0.717, 1.165) is 25.6 Å². The summed E-state index contributed by atoms with van der Waals surface area (Å²) in [5.41, 5.74) is -0.242. The summed E-state index contributed by atoms with van der Waals surface area (Å²) in [7, 11) is 0. The first kappa shape index (κ1) is 12.6. The van der Waals surface area contributed by atoms with Crippen LogP contribution in [0.2, 0.25) is 5.15 Å². The van der Waals surface area contributed by atoms with E-state index in [1.165, 1.54) is 19.2 Å². The number of likely N-dealkylation sites (tertiary alicyclic amines) is 1. The average Bonchev–Trinajstić information content (AvgIpc) is 3.10. The number of halogens is 1. The standard InChI is InChI=1S/C11H14ClN5O2/c12-10-9(17(18)19)11(14-6-13-10)15-7-3-4-16(5-7)8-1-2-8/h6-8H,1-5H2,(H,13,14,15). The Morgan fingerprint density at radius 3 is 2.89 bits per heavy atom. The van der Waals surface area contributed by atoms with E-state index in [-0.39, 0.29) is 22.7 Å². The van der Waals surface area contributed by atoms with Gasteiger partial charge in [0.1, 0.15) is 6.33 Å². The predicted octanol–water partition coefficient (Wildman–Crippen LogP) is 1.69. The third-order valence-corrected chi connectivity index (χ3v) is 3.86. The first-order valence-electron chi connectivity index (χ1n) is 6.30. The highest BCUT2D eigenvalue weighted by molar-refractivity contribution is 6.31. The minimum atomic E-state index is -0.543. The minimum Gasteiger partial charge on any atom is -0.360 e. The summed E-state index contributed by atoms with van der Waals surface area (Å²) in [5, 5.41) is 14.0. The lowest BCUT2D eigenvalue weighted by atomic mass is 10.2. The Labute approximate surface area is 115 Å². The van der Waals surface area contributed by atoms with Crippen LogP contribution in [0.4, 0.5) is 11.5 Å². The summed E-state index contributed by atoms with van der Waals surface area (Å²) in [4.78, 5) is 20.5. The van der Waals surface area contributed by atoms with Crippen molar-refractivity contribution in [3.63, 3.8) is 0 Å². The molecule has 7 nitrogen and oxygen atoms in total. The Kier molecular flexibility index (Phi) is 3.24. The molecule has 2 fully saturated rings. The van der Waals surface area contributed by atoms with Gasteiger partial charge in [-0.1, -0.05) is 11.6 Å². The summed E-state index contributed by atoms with van der Waals surface area (Å²) >= 11 is 5.76. The molecule has 1 N–H and O–H groups in total. The molecular weight excluding hydrogens is 270 g/mol. The molecule has 2 heterocycles. The highest BCUT2D eigenvalue weighted by Crippen LogP contribution is 2.33. The molecule has 3 rings (SSSR count). The van der Waals surface area contributed by atoms with Crippen molar-refractivity contribution in [2.24, 2.45) is 0 Å². The summed E-state index contributed by atoms with van der Waals surface area (Å²) in [6, 6.07) is 0.904. The minimum absolute atomic E-state index is 0.125. The van der Waals surface area contributed by atoms with Crippen molar-refractivity contribution in [2.75, 3.05) is 18.4 Å². The maximum atomic E-state index is 11.0. The van der Waals surface area contributed by atoms with Gasteiger partial charge in [-0.3, -0.25) is 15.0 Å². The van der Waals surface area contributed by atoms with Gasteiger partial charge in [0.05, 0.1) is 4.92 Å². The average molecular weight is 284 g/mol. The van der Waals surface area contributed by atoms with E-state index in [1.54, 1.807) is 0 Å². The van der Waals surface area contributed by atoms with Gasteiger partial charge in [-0.05, 0) is 19.3 Å². The number of anilines is 1. The van der Waals surface area contributed by atoms with E-state index in [0.29, 0.717) is 0 Å². The van der Waals surface area contributed by atoms with Gasteiger partial charge in [-0.25, -0.2) is 9.97 Å². The highest BCUT2D eigenvalue weighted by Gasteiger charge is 2.35. The normalized spacial score (nSPS) is 23.5. The first-order chi connectivity index (χ1) is 9.15. The summed E-state index contributed by atoms with van der Waals surface area (Å²) < 4.78 is 0. The van der Waals surface area contributed by atoms with Crippen molar-refractivity contribution < 1.29 is 4.92 Å². The van der Waals surface area contributed by atoms with Crippen molar-refractivity contribution in [1.29, 1.82) is 0 Å². The number of nitrogens with zero attached hydrogens (tertiary/aromatic N) is 4. The molecule has 1 aromatic heterocycles. The molecule has 0 amide bonds. The Balaban J connectivity index is 1.73. The van der Waals surface area contributed by atoms with Gasteiger partial charge in [0.2, 0.25) is 11.0 Å². The smallest absolute Gasteiger partial charge is 0.348 e. The number of nitro groups is 1. The second kappa shape index (κ2) is 4.90. The lowest BCUT2D eigenvalue weighted by Gasteiger charge is -2.16. The van der Waals surface area contributed by atoms with Crippen molar-refractivity contribution in [2.45, 2.75) is 31.3 Å². The van der Waals surface area contributed by atoms with Crippen LogP contribution in [0.15, 0.2) is 6.33 Å². The molecule has 1 atom stereocenters. The van der Waals surface area contributed by atoms with Gasteiger partial charge in [-0.15, -0.1) is 0 Å². The monoisotopic (exact) mass is 283 g/mol. The number of hydrogen-bond donors (Lipinski definition) is 1. The van der Waals surface area contributed by atoms with Crippen molar-refractivity contribution in [3.8, 4) is 0 Å². The first-order valence-corrected chi connectivity index (χ1v) is 6.68. The Hall–Kier alpha value is -1.47. The molecular formula is C11H14ClN5O2. The van der Waals surface area contributed by atoms with Gasteiger partial charge in [0, 0.05) is 25.2 Å². The largest absolute Gasteiger partial charge is 0.360 e. The lowest BCUT2D eigenvalue weighted by Crippen LogP contribution is -2.28. The Bertz CT molecular complexity index is 508. The number of nitrogens with one attached hydrogen (secondary N) is 1. The molecule has 1 aromatic rings. The molecule has 8 heteroatoms. The van der Waals surface area contributed by atoms with Gasteiger partial charge in [0.25, 0.3) is 0 Å². The quantitative estimate of drug-likeness (QED) is 0.514. The molecule has 0 aromatic carbocycles. The fourth-order valence-electron chi connectivity index (χ4n) is 2.49. The SMILES string of the molecule is O=[N+]([O-])c1c(Cl)ncnc1NC1CCN(C2CC2)C1. The summed E-state index contributed by atoms with van der Waals surface area (Å²) in [6.07, 6.45) is 4.75. The molecule has 0 spiro atoms. The number of aromatic nitrogens is 2. The lowest BCUT2D eigenvalue weighted by molar-refractivity contribution is -0.384. The Morgan fingerprint density at radius 2 is 2.21 bits per heavy atom. The number of rotatable bonds is 4. The molecule has 2 aliphatic rings. The highest BCUT2D eigenvalue weighted by atomic mass is 35.5. The second-order valence-corrected chi connectivity index (χ2v) is 5.33. The topological polar surface area (TPSA) is 84.2 Å². The number of hydrogen-bond acceptors (Lipinski definition) is 6. The molecule has 0 radical (unpaired) electrons. The fourth-order valence-corrected chi connectivity index (χ4v) is 2.70. The fraction of sp³-hybridized carbons (Fsp3) is 0.636. The van der Waals surface area contributed by atoms with E-state index in [9.17, 15) is 10.1 Å². The van der Waals surface area contributed by atoms with Crippen LogP contribution in [0.3, 0.4) is 0 Å². The zero-order valence-corrected chi connectivity index (χ0v) is 11.0. The molecule has 0 bridgehead atoms. The zero-order valence-electron chi connectivity index (χ0n) is 10.3. The van der Waals surface area contributed by atoms with Crippen molar-refractivity contribution in [3.05, 3.63) is 21.6 Å². The third kappa shape index (κ3) is 2.62. The summed E-state index contributed by atoms with van der Waals surface area (Å²) in [6.45, 7) is 1.94. The predicted molar refractivity (Wildman–Crippen MR) is 70.3 cm³/mol. The molecule has 102 valence electrons. The van der Waals surface area contributed by atoms with Gasteiger partial charge in [0.15, 0.2) is 0 Å². The Morgan fingerprint density at radius 1 is 1.42 bits per heavy atom. The van der Waals surface area contributed by atoms with E-state index >= 15 is 0 Å².